The van der Waals surface area contributed by atoms with Crippen LogP contribution in [0.15, 0.2) is 53.1 Å². The quantitative estimate of drug-likeness (QED) is 0.423. The zero-order valence-electron chi connectivity index (χ0n) is 19.6. The molecule has 174 valence electrons. The number of carbonyl (C=O) groups excluding carboxylic acids is 1. The number of hydrogen-bond donors (Lipinski definition) is 0. The average molecular weight is 448 g/mol. The summed E-state index contributed by atoms with van der Waals surface area (Å²) in [5, 5.41) is 0. The molecular formula is C27H33N3O3. The number of aryl methyl sites for hydroxylation is 2. The van der Waals surface area contributed by atoms with E-state index in [1.54, 1.807) is 6.20 Å². The van der Waals surface area contributed by atoms with Gasteiger partial charge in [0.05, 0.1) is 12.3 Å². The molecule has 1 aliphatic heterocycles. The van der Waals surface area contributed by atoms with Gasteiger partial charge in [0.25, 0.3) is 0 Å². The Kier molecular flexibility index (Phi) is 7.89. The molecule has 0 spiro atoms. The molecule has 1 saturated heterocycles. The Bertz CT molecular complexity index is 1020. The molecule has 0 bridgehead atoms. The van der Waals surface area contributed by atoms with Crippen molar-refractivity contribution in [1.29, 1.82) is 0 Å². The van der Waals surface area contributed by atoms with Crippen LogP contribution in [0.2, 0.25) is 0 Å². The number of carbonyl (C=O) groups is 1. The topological polar surface area (TPSA) is 68.5 Å². The largest absolute Gasteiger partial charge is 0.494 e. The minimum atomic E-state index is 0.160. The maximum atomic E-state index is 12.7. The summed E-state index contributed by atoms with van der Waals surface area (Å²) >= 11 is 0. The lowest BCUT2D eigenvalue weighted by Gasteiger charge is -2.30. The molecule has 1 aromatic carbocycles. The Morgan fingerprint density at radius 3 is 2.64 bits per heavy atom. The highest BCUT2D eigenvalue weighted by Gasteiger charge is 2.26. The van der Waals surface area contributed by atoms with Gasteiger partial charge in [0, 0.05) is 36.3 Å². The third-order valence-electron chi connectivity index (χ3n) is 6.24. The molecule has 0 aliphatic carbocycles. The van der Waals surface area contributed by atoms with Crippen molar-refractivity contribution in [2.75, 3.05) is 19.7 Å². The SMILES string of the molecule is CCCOc1ccc(-c2nc(CN3CCC(C(=O)CCc4ccccn4)CC3)c(C)o2)cc1. The van der Waals surface area contributed by atoms with Crippen LogP contribution < -0.4 is 4.74 Å². The Morgan fingerprint density at radius 1 is 1.15 bits per heavy atom. The first-order valence-corrected chi connectivity index (χ1v) is 12.0. The van der Waals surface area contributed by atoms with Crippen LogP contribution in [0.3, 0.4) is 0 Å². The van der Waals surface area contributed by atoms with Crippen LogP contribution in [0.25, 0.3) is 11.5 Å². The number of hydrogen-bond acceptors (Lipinski definition) is 6. The van der Waals surface area contributed by atoms with E-state index in [0.29, 0.717) is 24.7 Å². The molecule has 0 unspecified atom stereocenters. The van der Waals surface area contributed by atoms with Gasteiger partial charge in [0.15, 0.2) is 0 Å². The number of nitrogens with zero attached hydrogens (tertiary/aromatic N) is 3. The molecule has 0 atom stereocenters. The third-order valence-corrected chi connectivity index (χ3v) is 6.24. The van der Waals surface area contributed by atoms with E-state index < -0.39 is 0 Å². The van der Waals surface area contributed by atoms with Gasteiger partial charge in [-0.05, 0) is 82.1 Å². The van der Waals surface area contributed by atoms with Crippen molar-refractivity contribution >= 4 is 5.78 Å². The van der Waals surface area contributed by atoms with Crippen molar-refractivity contribution < 1.29 is 13.9 Å². The number of Topliss-reactive ketones (excluding diaryl/α,β-unsaturated/α-hetero) is 1. The fourth-order valence-electron chi connectivity index (χ4n) is 4.24. The predicted octanol–water partition coefficient (Wildman–Crippen LogP) is 5.25. The maximum Gasteiger partial charge on any atom is 0.226 e. The minimum absolute atomic E-state index is 0.160. The van der Waals surface area contributed by atoms with Crippen molar-refractivity contribution in [2.24, 2.45) is 5.92 Å². The number of piperidine rings is 1. The molecule has 3 heterocycles. The highest BCUT2D eigenvalue weighted by Crippen LogP contribution is 2.26. The summed E-state index contributed by atoms with van der Waals surface area (Å²) in [6.07, 6.45) is 5.89. The van der Waals surface area contributed by atoms with Gasteiger partial charge in [-0.3, -0.25) is 14.7 Å². The van der Waals surface area contributed by atoms with Gasteiger partial charge in [0.2, 0.25) is 5.89 Å². The van der Waals surface area contributed by atoms with E-state index in [0.717, 1.165) is 73.8 Å². The van der Waals surface area contributed by atoms with Crippen LogP contribution in [0.1, 0.15) is 49.8 Å². The number of rotatable bonds is 10. The van der Waals surface area contributed by atoms with Gasteiger partial charge in [0.1, 0.15) is 17.3 Å². The number of oxazole rings is 1. The Labute approximate surface area is 196 Å². The molecule has 0 amide bonds. The lowest BCUT2D eigenvalue weighted by atomic mass is 9.90. The summed E-state index contributed by atoms with van der Waals surface area (Å²) in [6.45, 7) is 7.35. The van der Waals surface area contributed by atoms with Crippen molar-refractivity contribution in [1.82, 2.24) is 14.9 Å². The first kappa shape index (κ1) is 23.2. The molecule has 0 radical (unpaired) electrons. The van der Waals surface area contributed by atoms with Gasteiger partial charge >= 0.3 is 0 Å². The highest BCUT2D eigenvalue weighted by atomic mass is 16.5. The van der Waals surface area contributed by atoms with Crippen LogP contribution >= 0.6 is 0 Å². The lowest BCUT2D eigenvalue weighted by Crippen LogP contribution is -2.36. The van der Waals surface area contributed by atoms with Gasteiger partial charge in [-0.2, -0.15) is 0 Å². The number of aromatic nitrogens is 2. The number of likely N-dealkylation sites (tertiary alicyclic amines) is 1. The maximum absolute atomic E-state index is 12.7. The average Bonchev–Trinajstić information content (AvgIpc) is 3.22. The molecule has 3 aromatic rings. The van der Waals surface area contributed by atoms with Gasteiger partial charge in [-0.15, -0.1) is 0 Å². The predicted molar refractivity (Wildman–Crippen MR) is 128 cm³/mol. The summed E-state index contributed by atoms with van der Waals surface area (Å²) in [7, 11) is 0. The monoisotopic (exact) mass is 447 g/mol. The fraction of sp³-hybridized carbons (Fsp3) is 0.444. The summed E-state index contributed by atoms with van der Waals surface area (Å²) in [5.41, 5.74) is 2.91. The first-order chi connectivity index (χ1) is 16.1. The van der Waals surface area contributed by atoms with Crippen molar-refractivity contribution in [3.05, 3.63) is 65.8 Å². The molecule has 1 aliphatic rings. The van der Waals surface area contributed by atoms with Crippen molar-refractivity contribution in [3.63, 3.8) is 0 Å². The lowest BCUT2D eigenvalue weighted by molar-refractivity contribution is -0.124. The van der Waals surface area contributed by atoms with E-state index in [1.807, 2.05) is 49.4 Å². The van der Waals surface area contributed by atoms with Crippen LogP contribution in [-0.4, -0.2) is 40.3 Å². The zero-order valence-corrected chi connectivity index (χ0v) is 19.6. The molecule has 4 rings (SSSR count). The van der Waals surface area contributed by atoms with Crippen molar-refractivity contribution in [2.45, 2.75) is 52.5 Å². The second-order valence-corrected chi connectivity index (χ2v) is 8.73. The van der Waals surface area contributed by atoms with Crippen LogP contribution in [0, 0.1) is 12.8 Å². The Morgan fingerprint density at radius 2 is 1.94 bits per heavy atom. The van der Waals surface area contributed by atoms with E-state index in [4.69, 9.17) is 14.1 Å². The molecule has 6 heteroatoms. The smallest absolute Gasteiger partial charge is 0.226 e. The Balaban J connectivity index is 1.27. The molecule has 0 saturated carbocycles. The first-order valence-electron chi connectivity index (χ1n) is 12.0. The molecule has 1 fully saturated rings. The molecule has 33 heavy (non-hydrogen) atoms. The van der Waals surface area contributed by atoms with E-state index >= 15 is 0 Å². The van der Waals surface area contributed by atoms with Gasteiger partial charge in [-0.25, -0.2) is 4.98 Å². The van der Waals surface area contributed by atoms with Crippen LogP contribution in [0.5, 0.6) is 5.75 Å². The zero-order chi connectivity index (χ0) is 23.0. The van der Waals surface area contributed by atoms with E-state index in [1.165, 1.54) is 0 Å². The summed E-state index contributed by atoms with van der Waals surface area (Å²) in [4.78, 5) is 24.1. The van der Waals surface area contributed by atoms with Crippen LogP contribution in [0.4, 0.5) is 0 Å². The normalized spacial score (nSPS) is 15.0. The molecule has 2 aromatic heterocycles. The molecular weight excluding hydrogens is 414 g/mol. The number of pyridine rings is 1. The summed E-state index contributed by atoms with van der Waals surface area (Å²) in [6, 6.07) is 13.8. The highest BCUT2D eigenvalue weighted by molar-refractivity contribution is 5.81. The Hall–Kier alpha value is -2.99. The second-order valence-electron chi connectivity index (χ2n) is 8.73. The van der Waals surface area contributed by atoms with E-state index in [-0.39, 0.29) is 5.92 Å². The second kappa shape index (κ2) is 11.2. The molecule has 6 nitrogen and oxygen atoms in total. The molecule has 0 N–H and O–H groups in total. The van der Waals surface area contributed by atoms with E-state index in [9.17, 15) is 4.79 Å². The van der Waals surface area contributed by atoms with Crippen molar-refractivity contribution in [3.8, 4) is 17.2 Å². The van der Waals surface area contributed by atoms with E-state index in [2.05, 4.69) is 16.8 Å². The number of ketones is 1. The number of benzene rings is 1. The van der Waals surface area contributed by atoms with Crippen LogP contribution in [-0.2, 0) is 17.8 Å². The summed E-state index contributed by atoms with van der Waals surface area (Å²) < 4.78 is 11.6. The minimum Gasteiger partial charge on any atom is -0.494 e. The third kappa shape index (κ3) is 6.29. The van der Waals surface area contributed by atoms with Gasteiger partial charge in [-0.1, -0.05) is 13.0 Å². The number of ether oxygens (including phenoxy) is 1. The standard InChI is InChI=1S/C27H33N3O3/c1-3-18-32-24-10-7-22(8-11-24)27-29-25(20(2)33-27)19-30-16-13-21(14-17-30)26(31)12-9-23-6-4-5-15-28-23/h4-8,10-11,15,21H,3,9,12-14,16-19H2,1-2H3. The summed E-state index contributed by atoms with van der Waals surface area (Å²) in [5.74, 6) is 2.88. The fourth-order valence-corrected chi connectivity index (χ4v) is 4.24. The van der Waals surface area contributed by atoms with Gasteiger partial charge < -0.3 is 9.15 Å².